The first-order valence-electron chi connectivity index (χ1n) is 5.44. The number of nitrogens with two attached hydrogens (primary N) is 1. The van der Waals surface area contributed by atoms with Gasteiger partial charge in [0.1, 0.15) is 0 Å². The third kappa shape index (κ3) is 2.51. The number of rotatable bonds is 3. The van der Waals surface area contributed by atoms with Gasteiger partial charge in [-0.2, -0.15) is 0 Å². The summed E-state index contributed by atoms with van der Waals surface area (Å²) >= 11 is 4.51. The number of aromatic nitrogens is 3. The van der Waals surface area contributed by atoms with E-state index < -0.39 is 0 Å². The van der Waals surface area contributed by atoms with E-state index in [1.807, 2.05) is 12.3 Å². The van der Waals surface area contributed by atoms with Crippen LogP contribution in [0.4, 0.5) is 5.13 Å². The van der Waals surface area contributed by atoms with Crippen molar-refractivity contribution in [3.8, 4) is 0 Å². The number of hydrogen-bond donors (Lipinski definition) is 1. The maximum absolute atomic E-state index is 12.0. The van der Waals surface area contributed by atoms with Crippen LogP contribution in [0, 0.1) is 6.92 Å². The fourth-order valence-corrected chi connectivity index (χ4v) is 4.20. The lowest BCUT2D eigenvalue weighted by atomic mass is 10.4. The first-order chi connectivity index (χ1) is 9.13. The Bertz CT molecular complexity index is 789. The largest absolute Gasteiger partial charge is 0.375 e. The van der Waals surface area contributed by atoms with E-state index in [0.717, 1.165) is 20.6 Å². The summed E-state index contributed by atoms with van der Waals surface area (Å²) < 4.78 is 2.66. The van der Waals surface area contributed by atoms with Gasteiger partial charge in [0, 0.05) is 22.9 Å². The Hall–Kier alpha value is -1.38. The molecule has 8 heteroatoms. The van der Waals surface area contributed by atoms with Crippen molar-refractivity contribution in [3.63, 3.8) is 0 Å². The molecule has 3 aromatic rings. The van der Waals surface area contributed by atoms with Crippen molar-refractivity contribution in [2.45, 2.75) is 16.9 Å². The van der Waals surface area contributed by atoms with Crippen molar-refractivity contribution < 1.29 is 0 Å². The van der Waals surface area contributed by atoms with Gasteiger partial charge in [-0.3, -0.25) is 9.20 Å². The minimum absolute atomic E-state index is 0.0248. The van der Waals surface area contributed by atoms with Crippen molar-refractivity contribution in [3.05, 3.63) is 39.4 Å². The zero-order chi connectivity index (χ0) is 13.4. The zero-order valence-electron chi connectivity index (χ0n) is 9.99. The maximum atomic E-state index is 12.0. The second-order valence-corrected chi connectivity index (χ2v) is 7.06. The normalized spacial score (nSPS) is 11.2. The Morgan fingerprint density at radius 1 is 1.53 bits per heavy atom. The molecule has 0 aliphatic rings. The van der Waals surface area contributed by atoms with Crippen LogP contribution in [-0.4, -0.2) is 14.4 Å². The summed E-state index contributed by atoms with van der Waals surface area (Å²) in [6, 6.07) is 1.59. The molecule has 0 unspecified atom stereocenters. The van der Waals surface area contributed by atoms with Gasteiger partial charge in [0.2, 0.25) is 0 Å². The Morgan fingerprint density at radius 2 is 2.37 bits per heavy atom. The lowest BCUT2D eigenvalue weighted by molar-refractivity contribution is 0.997. The van der Waals surface area contributed by atoms with E-state index in [4.69, 9.17) is 5.73 Å². The monoisotopic (exact) mass is 310 g/mol. The second-order valence-electron chi connectivity index (χ2n) is 3.89. The molecule has 0 fully saturated rings. The number of thiazole rings is 2. The summed E-state index contributed by atoms with van der Waals surface area (Å²) in [7, 11) is 0. The Balaban J connectivity index is 1.87. The lowest BCUT2D eigenvalue weighted by Gasteiger charge is -2.00. The maximum Gasteiger partial charge on any atom is 0.258 e. The number of nitrogen functional groups attached to an aromatic ring is 1. The van der Waals surface area contributed by atoms with Crippen LogP contribution in [0.1, 0.15) is 11.4 Å². The molecule has 0 atom stereocenters. The van der Waals surface area contributed by atoms with E-state index >= 15 is 0 Å². The van der Waals surface area contributed by atoms with Crippen LogP contribution in [-0.2, 0) is 5.75 Å². The summed E-state index contributed by atoms with van der Waals surface area (Å²) in [5.41, 5.74) is 7.26. The molecule has 0 saturated heterocycles. The molecule has 3 aromatic heterocycles. The predicted molar refractivity (Wildman–Crippen MR) is 80.2 cm³/mol. The Kier molecular flexibility index (Phi) is 3.29. The van der Waals surface area contributed by atoms with E-state index in [2.05, 4.69) is 9.97 Å². The van der Waals surface area contributed by atoms with Crippen LogP contribution < -0.4 is 11.3 Å². The molecule has 0 radical (unpaired) electrons. The highest BCUT2D eigenvalue weighted by atomic mass is 32.2. The van der Waals surface area contributed by atoms with Gasteiger partial charge in [-0.05, 0) is 6.92 Å². The van der Waals surface area contributed by atoms with Gasteiger partial charge in [0.25, 0.3) is 5.56 Å². The molecule has 98 valence electrons. The minimum Gasteiger partial charge on any atom is -0.375 e. The summed E-state index contributed by atoms with van der Waals surface area (Å²) in [6.45, 7) is 1.90. The number of nitrogens with zero attached hydrogens (tertiary/aromatic N) is 3. The molecule has 0 amide bonds. The molecule has 3 heterocycles. The highest BCUT2D eigenvalue weighted by molar-refractivity contribution is 8.00. The average molecular weight is 310 g/mol. The highest BCUT2D eigenvalue weighted by Gasteiger charge is 2.07. The summed E-state index contributed by atoms with van der Waals surface area (Å²) in [5.74, 6) is 0.643. The minimum atomic E-state index is -0.0248. The molecule has 0 bridgehead atoms. The molecular formula is C11H10N4OS3. The van der Waals surface area contributed by atoms with Crippen LogP contribution in [0.3, 0.4) is 0 Å². The van der Waals surface area contributed by atoms with E-state index in [9.17, 15) is 4.79 Å². The first-order valence-corrected chi connectivity index (χ1v) is 8.12. The predicted octanol–water partition coefficient (Wildman–Crippen LogP) is 2.40. The van der Waals surface area contributed by atoms with Crippen LogP contribution in [0.2, 0.25) is 0 Å². The summed E-state index contributed by atoms with van der Waals surface area (Å²) in [5, 5.41) is 2.49. The number of hydrogen-bond acceptors (Lipinski definition) is 7. The van der Waals surface area contributed by atoms with E-state index in [0.29, 0.717) is 10.9 Å². The molecular weight excluding hydrogens is 300 g/mol. The van der Waals surface area contributed by atoms with Crippen molar-refractivity contribution in [1.29, 1.82) is 0 Å². The number of fused-ring (bicyclic) bond motifs is 1. The smallest absolute Gasteiger partial charge is 0.258 e. The van der Waals surface area contributed by atoms with E-state index in [1.165, 1.54) is 22.7 Å². The third-order valence-electron chi connectivity index (χ3n) is 2.49. The number of thioether (sulfide) groups is 1. The quantitative estimate of drug-likeness (QED) is 0.752. The van der Waals surface area contributed by atoms with Crippen molar-refractivity contribution in [2.75, 3.05) is 5.73 Å². The Labute approximate surface area is 121 Å². The van der Waals surface area contributed by atoms with Gasteiger partial charge < -0.3 is 5.73 Å². The van der Waals surface area contributed by atoms with Crippen molar-refractivity contribution >= 4 is 44.5 Å². The van der Waals surface area contributed by atoms with E-state index in [-0.39, 0.29) is 5.56 Å². The molecule has 0 aliphatic carbocycles. The Morgan fingerprint density at radius 3 is 3.11 bits per heavy atom. The van der Waals surface area contributed by atoms with Crippen LogP contribution in [0.25, 0.3) is 4.96 Å². The standard InChI is InChI=1S/C11H10N4OS3/c1-6-4-18-11-14-7(2-8(16)15(6)11)5-17-9-3-13-10(12)19-9/h2-4H,5H2,1H3,(H2,12,13). The van der Waals surface area contributed by atoms with Crippen LogP contribution in [0.5, 0.6) is 0 Å². The molecule has 5 nitrogen and oxygen atoms in total. The molecule has 0 saturated carbocycles. The molecule has 2 N–H and O–H groups in total. The van der Waals surface area contributed by atoms with Gasteiger partial charge in [0.05, 0.1) is 16.1 Å². The van der Waals surface area contributed by atoms with Gasteiger partial charge in [-0.15, -0.1) is 23.1 Å². The number of anilines is 1. The molecule has 3 rings (SSSR count). The molecule has 0 aromatic carbocycles. The highest BCUT2D eigenvalue weighted by Crippen LogP contribution is 2.28. The third-order valence-corrected chi connectivity index (χ3v) is 5.49. The van der Waals surface area contributed by atoms with Gasteiger partial charge in [0.15, 0.2) is 10.1 Å². The first kappa shape index (κ1) is 12.6. The van der Waals surface area contributed by atoms with Gasteiger partial charge >= 0.3 is 0 Å². The molecule has 19 heavy (non-hydrogen) atoms. The lowest BCUT2D eigenvalue weighted by Crippen LogP contribution is -2.14. The fourth-order valence-electron chi connectivity index (χ4n) is 1.66. The molecule has 0 spiro atoms. The van der Waals surface area contributed by atoms with E-state index in [1.54, 1.807) is 28.4 Å². The summed E-state index contributed by atoms with van der Waals surface area (Å²) in [4.78, 5) is 21.2. The van der Waals surface area contributed by atoms with Gasteiger partial charge in [-0.25, -0.2) is 9.97 Å². The van der Waals surface area contributed by atoms with Crippen LogP contribution in [0.15, 0.2) is 26.6 Å². The molecule has 0 aliphatic heterocycles. The SMILES string of the molecule is Cc1csc2nc(CSc3cnc(N)s3)cc(=O)n12. The zero-order valence-corrected chi connectivity index (χ0v) is 12.4. The van der Waals surface area contributed by atoms with Crippen LogP contribution >= 0.6 is 34.4 Å². The van der Waals surface area contributed by atoms with Crippen molar-refractivity contribution in [2.24, 2.45) is 0 Å². The van der Waals surface area contributed by atoms with Gasteiger partial charge in [-0.1, -0.05) is 11.3 Å². The second kappa shape index (κ2) is 4.95. The number of aryl methyl sites for hydroxylation is 1. The average Bonchev–Trinajstić information content (AvgIpc) is 2.94. The van der Waals surface area contributed by atoms with Crippen molar-refractivity contribution in [1.82, 2.24) is 14.4 Å². The topological polar surface area (TPSA) is 73.3 Å². The fraction of sp³-hybridized carbons (Fsp3) is 0.182. The summed E-state index contributed by atoms with van der Waals surface area (Å²) in [6.07, 6.45) is 1.74.